The minimum Gasteiger partial charge on any atom is -0.481 e. The van der Waals surface area contributed by atoms with Gasteiger partial charge in [0.05, 0.1) is 11.5 Å². The second kappa shape index (κ2) is 7.73. The zero-order valence-electron chi connectivity index (χ0n) is 22.1. The molecule has 0 amide bonds. The van der Waals surface area contributed by atoms with Crippen molar-refractivity contribution in [3.05, 3.63) is 12.2 Å². The van der Waals surface area contributed by atoms with Crippen molar-refractivity contribution in [3.8, 4) is 0 Å². The first-order valence-electron chi connectivity index (χ1n) is 13.9. The summed E-state index contributed by atoms with van der Waals surface area (Å²) in [6.07, 6.45) is 10.1. The highest BCUT2D eigenvalue weighted by Crippen LogP contribution is 2.77. The molecule has 10 atom stereocenters. The van der Waals surface area contributed by atoms with Gasteiger partial charge in [-0.25, -0.2) is 0 Å². The number of aliphatic carboxylic acids is 1. The van der Waals surface area contributed by atoms with Crippen molar-refractivity contribution in [1.29, 1.82) is 0 Å². The summed E-state index contributed by atoms with van der Waals surface area (Å²) in [5.41, 5.74) is 1.03. The number of rotatable bonds is 3. The molecule has 5 aliphatic carbocycles. The predicted molar refractivity (Wildman–Crippen MR) is 138 cm³/mol. The summed E-state index contributed by atoms with van der Waals surface area (Å²) in [6.45, 7) is 16.6. The third-order valence-electron chi connectivity index (χ3n) is 13.5. The molecular weight excluding hydrogens is 444 g/mol. The van der Waals surface area contributed by atoms with Crippen molar-refractivity contribution in [3.63, 3.8) is 0 Å². The summed E-state index contributed by atoms with van der Waals surface area (Å²) in [5.74, 6) is 1.90. The fraction of sp³-hybridized carbons (Fsp3) is 0.900. The van der Waals surface area contributed by atoms with E-state index in [0.29, 0.717) is 23.6 Å². The number of hydrogen-bond donors (Lipinski definition) is 2. The summed E-state index contributed by atoms with van der Waals surface area (Å²) in [4.78, 5) is 12.8. The maximum atomic E-state index is 12.8. The molecule has 0 bridgehead atoms. The Morgan fingerprint density at radius 3 is 2.24 bits per heavy atom. The van der Waals surface area contributed by atoms with Crippen LogP contribution in [-0.2, 0) is 4.79 Å². The molecule has 5 fully saturated rings. The van der Waals surface area contributed by atoms with E-state index in [0.717, 1.165) is 50.5 Å². The Morgan fingerprint density at radius 2 is 1.59 bits per heavy atom. The molecular formula is C30H47ClO3. The van der Waals surface area contributed by atoms with Gasteiger partial charge >= 0.3 is 5.97 Å². The van der Waals surface area contributed by atoms with Crippen LogP contribution >= 0.6 is 11.6 Å². The Bertz CT molecular complexity index is 882. The summed E-state index contributed by atoms with van der Waals surface area (Å²) in [5, 5.41) is 21.4. The highest BCUT2D eigenvalue weighted by molar-refractivity contribution is 6.19. The highest BCUT2D eigenvalue weighted by atomic mass is 35.5. The summed E-state index contributed by atoms with van der Waals surface area (Å²) in [6, 6.07) is 0. The standard InChI is InChI=1S/C30H47ClO3/c1-18(17-31)19-9-14-30(25(33)34)16-15-28(5)20(24(19)30)7-8-22-27(4)12-11-23(32)26(2,3)21(27)10-13-29(22,28)6/h19-24,32H,1,7-17H2,2-6H3,(H,33,34)/t19-,20+,21-,22+,23-,24+,27-,28+,29+,30-/m0/s1. The van der Waals surface area contributed by atoms with Crippen molar-refractivity contribution in [2.45, 2.75) is 105 Å². The van der Waals surface area contributed by atoms with Gasteiger partial charge in [-0.2, -0.15) is 0 Å². The predicted octanol–water partition coefficient (Wildman–Crippen LogP) is 7.31. The van der Waals surface area contributed by atoms with E-state index in [1.54, 1.807) is 0 Å². The van der Waals surface area contributed by atoms with E-state index in [-0.39, 0.29) is 39.6 Å². The third-order valence-corrected chi connectivity index (χ3v) is 13.9. The topological polar surface area (TPSA) is 57.5 Å². The van der Waals surface area contributed by atoms with E-state index in [9.17, 15) is 15.0 Å². The molecule has 5 aliphatic rings. The summed E-state index contributed by atoms with van der Waals surface area (Å²) >= 11 is 6.30. The first-order valence-corrected chi connectivity index (χ1v) is 14.5. The SMILES string of the molecule is C=C(CCl)[C@@H]1CC[C@]2(C(=O)O)CC[C@]3(C)[C@H](CC[C@@H]4[C@@]5(C)CC[C@H](O)C(C)(C)[C@@H]5CC[C@]43C)[C@@H]12. The van der Waals surface area contributed by atoms with Crippen LogP contribution in [0.25, 0.3) is 0 Å². The Balaban J connectivity index is 1.56. The first kappa shape index (κ1) is 25.1. The van der Waals surface area contributed by atoms with E-state index >= 15 is 0 Å². The van der Waals surface area contributed by atoms with Crippen LogP contribution in [-0.4, -0.2) is 28.2 Å². The molecule has 2 N–H and O–H groups in total. The molecule has 0 spiro atoms. The monoisotopic (exact) mass is 490 g/mol. The molecule has 0 unspecified atom stereocenters. The second-order valence-corrected chi connectivity index (χ2v) is 14.7. The molecule has 34 heavy (non-hydrogen) atoms. The van der Waals surface area contributed by atoms with Gasteiger partial charge in [0.2, 0.25) is 0 Å². The second-order valence-electron chi connectivity index (χ2n) is 14.5. The quantitative estimate of drug-likeness (QED) is 0.322. The van der Waals surface area contributed by atoms with Gasteiger partial charge in [0.25, 0.3) is 0 Å². The van der Waals surface area contributed by atoms with Gasteiger partial charge < -0.3 is 10.2 Å². The van der Waals surface area contributed by atoms with Gasteiger partial charge in [-0.1, -0.05) is 46.8 Å². The van der Waals surface area contributed by atoms with Crippen molar-refractivity contribution in [2.24, 2.45) is 56.7 Å². The molecule has 0 heterocycles. The molecule has 0 aromatic rings. The lowest BCUT2D eigenvalue weighted by molar-refractivity contribution is -0.248. The molecule has 0 aliphatic heterocycles. The lowest BCUT2D eigenvalue weighted by Crippen LogP contribution is -2.67. The molecule has 5 rings (SSSR count). The average molecular weight is 491 g/mol. The Hall–Kier alpha value is -0.540. The number of aliphatic hydroxyl groups is 1. The number of carbonyl (C=O) groups is 1. The molecule has 0 aromatic heterocycles. The van der Waals surface area contributed by atoms with Crippen molar-refractivity contribution in [1.82, 2.24) is 0 Å². The lowest BCUT2D eigenvalue weighted by Gasteiger charge is -2.72. The van der Waals surface area contributed by atoms with E-state index in [1.807, 2.05) is 0 Å². The normalized spacial score (nSPS) is 53.7. The zero-order valence-corrected chi connectivity index (χ0v) is 22.9. The summed E-state index contributed by atoms with van der Waals surface area (Å²) in [7, 11) is 0. The van der Waals surface area contributed by atoms with E-state index in [2.05, 4.69) is 41.2 Å². The molecule has 0 aromatic carbocycles. The van der Waals surface area contributed by atoms with Gasteiger partial charge in [0.15, 0.2) is 0 Å². The van der Waals surface area contributed by atoms with Gasteiger partial charge in [0, 0.05) is 5.88 Å². The molecule has 3 nitrogen and oxygen atoms in total. The van der Waals surface area contributed by atoms with Crippen molar-refractivity contribution >= 4 is 17.6 Å². The lowest BCUT2D eigenvalue weighted by atomic mass is 9.32. The van der Waals surface area contributed by atoms with Crippen LogP contribution in [0.15, 0.2) is 12.2 Å². The summed E-state index contributed by atoms with van der Waals surface area (Å²) < 4.78 is 0. The number of alkyl halides is 1. The van der Waals surface area contributed by atoms with E-state index in [4.69, 9.17) is 11.6 Å². The Labute approximate surface area is 212 Å². The smallest absolute Gasteiger partial charge is 0.309 e. The average Bonchev–Trinajstić information content (AvgIpc) is 3.18. The first-order chi connectivity index (χ1) is 15.8. The maximum Gasteiger partial charge on any atom is 0.309 e. The largest absolute Gasteiger partial charge is 0.481 e. The number of halogens is 1. The molecule has 5 saturated carbocycles. The molecule has 192 valence electrons. The maximum absolute atomic E-state index is 12.8. The number of hydrogen-bond acceptors (Lipinski definition) is 2. The van der Waals surface area contributed by atoms with Crippen LogP contribution < -0.4 is 0 Å². The fourth-order valence-electron chi connectivity index (χ4n) is 11.5. The third kappa shape index (κ3) is 2.89. The number of carboxylic acids is 1. The van der Waals surface area contributed by atoms with Gasteiger partial charge in [-0.15, -0.1) is 11.6 Å². The van der Waals surface area contributed by atoms with Gasteiger partial charge in [0.1, 0.15) is 0 Å². The minimum atomic E-state index is -0.592. The van der Waals surface area contributed by atoms with Crippen molar-refractivity contribution < 1.29 is 15.0 Å². The van der Waals surface area contributed by atoms with E-state index < -0.39 is 11.4 Å². The Kier molecular flexibility index (Phi) is 5.71. The van der Waals surface area contributed by atoms with Crippen LogP contribution in [0.5, 0.6) is 0 Å². The number of fused-ring (bicyclic) bond motifs is 7. The van der Waals surface area contributed by atoms with Crippen LogP contribution in [0, 0.1) is 56.7 Å². The molecule has 0 saturated heterocycles. The van der Waals surface area contributed by atoms with Crippen LogP contribution in [0.1, 0.15) is 98.8 Å². The highest BCUT2D eigenvalue weighted by Gasteiger charge is 2.72. The zero-order chi connectivity index (χ0) is 24.9. The van der Waals surface area contributed by atoms with Gasteiger partial charge in [-0.05, 0) is 115 Å². The molecule has 0 radical (unpaired) electrons. The van der Waals surface area contributed by atoms with E-state index in [1.165, 1.54) is 19.3 Å². The molecule has 4 heteroatoms. The van der Waals surface area contributed by atoms with Crippen LogP contribution in [0.3, 0.4) is 0 Å². The van der Waals surface area contributed by atoms with Crippen molar-refractivity contribution in [2.75, 3.05) is 5.88 Å². The number of carboxylic acid groups (broad SMARTS) is 1. The number of aliphatic hydroxyl groups excluding tert-OH is 1. The minimum absolute atomic E-state index is 0.0360. The van der Waals surface area contributed by atoms with Crippen LogP contribution in [0.4, 0.5) is 0 Å². The van der Waals surface area contributed by atoms with Gasteiger partial charge in [-0.3, -0.25) is 4.79 Å². The van der Waals surface area contributed by atoms with Crippen LogP contribution in [0.2, 0.25) is 0 Å². The Morgan fingerprint density at radius 1 is 0.882 bits per heavy atom. The fourth-order valence-corrected chi connectivity index (χ4v) is 11.7. The number of allylic oxidation sites excluding steroid dienone is 1.